The third kappa shape index (κ3) is 4.56. The van der Waals surface area contributed by atoms with Crippen molar-refractivity contribution in [3.05, 3.63) is 70.9 Å². The number of allylic oxidation sites excluding steroid dienone is 2. The molecule has 31 heavy (non-hydrogen) atoms. The number of halogens is 1. The Kier molecular flexibility index (Phi) is 6.23. The van der Waals surface area contributed by atoms with Crippen molar-refractivity contribution >= 4 is 22.4 Å². The highest BCUT2D eigenvalue weighted by atomic mass is 19.1. The number of carbonyl (C=O) groups is 1. The van der Waals surface area contributed by atoms with Crippen LogP contribution in [0.4, 0.5) is 4.39 Å². The fourth-order valence-corrected chi connectivity index (χ4v) is 3.79. The van der Waals surface area contributed by atoms with Gasteiger partial charge in [-0.2, -0.15) is 0 Å². The summed E-state index contributed by atoms with van der Waals surface area (Å²) in [5, 5.41) is 14.2. The van der Waals surface area contributed by atoms with Gasteiger partial charge in [0.05, 0.1) is 12.3 Å². The fourth-order valence-electron chi connectivity index (χ4n) is 3.79. The second-order valence-electron chi connectivity index (χ2n) is 7.57. The molecule has 0 aliphatic heterocycles. The number of fused-ring (bicyclic) bond motifs is 1. The fraction of sp³-hybridized carbons (Fsp3) is 0.292. The molecule has 0 atom stereocenters. The molecule has 0 saturated heterocycles. The molecule has 0 saturated carbocycles. The van der Waals surface area contributed by atoms with E-state index in [2.05, 4.69) is 21.4 Å². The van der Waals surface area contributed by atoms with Crippen LogP contribution in [0.25, 0.3) is 16.5 Å². The minimum absolute atomic E-state index is 0.0369. The van der Waals surface area contributed by atoms with E-state index in [9.17, 15) is 14.3 Å². The molecule has 4 rings (SSSR count). The number of carbonyl (C=O) groups excluding carboxylic acids is 1. The molecule has 2 N–H and O–H groups in total. The number of ether oxygens (including phenoxy) is 1. The van der Waals surface area contributed by atoms with Crippen LogP contribution >= 0.6 is 0 Å². The molecule has 0 spiro atoms. The van der Waals surface area contributed by atoms with Gasteiger partial charge in [0, 0.05) is 25.2 Å². The van der Waals surface area contributed by atoms with E-state index in [1.165, 1.54) is 12.1 Å². The van der Waals surface area contributed by atoms with Gasteiger partial charge in [0.25, 0.3) is 5.91 Å². The van der Waals surface area contributed by atoms with Crippen molar-refractivity contribution in [1.82, 2.24) is 15.3 Å². The molecule has 0 bridgehead atoms. The van der Waals surface area contributed by atoms with Gasteiger partial charge in [0.1, 0.15) is 11.3 Å². The monoisotopic (exact) mass is 421 g/mol. The number of rotatable bonds is 7. The first-order chi connectivity index (χ1) is 15.1. The van der Waals surface area contributed by atoms with Gasteiger partial charge in [0.15, 0.2) is 11.4 Å². The quantitative estimate of drug-likeness (QED) is 0.563. The van der Waals surface area contributed by atoms with Crippen molar-refractivity contribution in [2.24, 2.45) is 0 Å². The molecule has 3 aromatic rings. The van der Waals surface area contributed by atoms with Gasteiger partial charge in [-0.1, -0.05) is 18.2 Å². The topological polar surface area (TPSA) is 84.3 Å². The second kappa shape index (κ2) is 9.22. The zero-order valence-electron chi connectivity index (χ0n) is 17.3. The predicted molar refractivity (Wildman–Crippen MR) is 116 cm³/mol. The Hall–Kier alpha value is -3.32. The molecule has 0 unspecified atom stereocenters. The summed E-state index contributed by atoms with van der Waals surface area (Å²) in [7, 11) is 1.55. The van der Waals surface area contributed by atoms with E-state index < -0.39 is 5.91 Å². The van der Waals surface area contributed by atoms with E-state index in [0.29, 0.717) is 36.2 Å². The highest BCUT2D eigenvalue weighted by Crippen LogP contribution is 2.36. The van der Waals surface area contributed by atoms with Crippen molar-refractivity contribution < 1.29 is 19.0 Å². The Morgan fingerprint density at radius 3 is 2.77 bits per heavy atom. The third-order valence-corrected chi connectivity index (χ3v) is 5.35. The van der Waals surface area contributed by atoms with Gasteiger partial charge in [-0.3, -0.25) is 9.78 Å². The summed E-state index contributed by atoms with van der Waals surface area (Å²) in [5.41, 5.74) is 3.91. The van der Waals surface area contributed by atoms with Gasteiger partial charge in [0.2, 0.25) is 0 Å². The number of pyridine rings is 2. The first-order valence-electron chi connectivity index (χ1n) is 10.3. The third-order valence-electron chi connectivity index (χ3n) is 5.35. The lowest BCUT2D eigenvalue weighted by molar-refractivity contribution is 0.0929. The predicted octanol–water partition coefficient (Wildman–Crippen LogP) is 4.01. The van der Waals surface area contributed by atoms with Crippen LogP contribution < -0.4 is 5.32 Å². The molecule has 6 nitrogen and oxygen atoms in total. The summed E-state index contributed by atoms with van der Waals surface area (Å²) in [6.07, 6.45) is 7.21. The van der Waals surface area contributed by atoms with Crippen molar-refractivity contribution in [2.45, 2.75) is 25.7 Å². The average molecular weight is 421 g/mol. The molecule has 7 heteroatoms. The van der Waals surface area contributed by atoms with Gasteiger partial charge in [-0.25, -0.2) is 9.37 Å². The Balaban J connectivity index is 1.76. The number of amides is 1. The molecule has 1 amide bonds. The minimum Gasteiger partial charge on any atom is -0.504 e. The molecule has 160 valence electrons. The summed E-state index contributed by atoms with van der Waals surface area (Å²) in [6, 6.07) is 8.28. The molecule has 1 aliphatic carbocycles. The number of aromatic nitrogens is 2. The molecule has 2 aromatic heterocycles. The van der Waals surface area contributed by atoms with Crippen LogP contribution in [-0.2, 0) is 11.2 Å². The Bertz CT molecular complexity index is 1140. The Morgan fingerprint density at radius 1 is 1.26 bits per heavy atom. The van der Waals surface area contributed by atoms with Crippen molar-refractivity contribution in [3.63, 3.8) is 0 Å². The van der Waals surface area contributed by atoms with E-state index in [0.717, 1.165) is 36.0 Å². The number of methoxy groups -OCH3 is 1. The number of aromatic hydroxyl groups is 1. The van der Waals surface area contributed by atoms with E-state index >= 15 is 0 Å². The molecule has 0 fully saturated rings. The lowest BCUT2D eigenvalue weighted by Gasteiger charge is -2.14. The lowest BCUT2D eigenvalue weighted by atomic mass is 10.0. The molecule has 2 heterocycles. The van der Waals surface area contributed by atoms with Crippen LogP contribution in [0.2, 0.25) is 0 Å². The summed E-state index contributed by atoms with van der Waals surface area (Å²) in [4.78, 5) is 21.6. The maximum absolute atomic E-state index is 13.2. The first-order valence-corrected chi connectivity index (χ1v) is 10.3. The molecular formula is C24H24FN3O3. The lowest BCUT2D eigenvalue weighted by Crippen LogP contribution is -2.28. The van der Waals surface area contributed by atoms with Crippen molar-refractivity contribution in [1.29, 1.82) is 0 Å². The highest BCUT2D eigenvalue weighted by Gasteiger charge is 2.23. The van der Waals surface area contributed by atoms with Crippen LogP contribution in [-0.4, -0.2) is 41.2 Å². The van der Waals surface area contributed by atoms with Crippen LogP contribution in [0.15, 0.2) is 42.6 Å². The number of nitrogens with one attached hydrogen (secondary N) is 1. The highest BCUT2D eigenvalue weighted by molar-refractivity contribution is 6.03. The average Bonchev–Trinajstić information content (AvgIpc) is 3.30. The molecule has 0 radical (unpaired) electrons. The number of nitrogens with zero attached hydrogens (tertiary/aromatic N) is 2. The van der Waals surface area contributed by atoms with Gasteiger partial charge < -0.3 is 15.2 Å². The van der Waals surface area contributed by atoms with Gasteiger partial charge in [-0.15, -0.1) is 0 Å². The van der Waals surface area contributed by atoms with Crippen molar-refractivity contribution in [3.8, 4) is 5.75 Å². The summed E-state index contributed by atoms with van der Waals surface area (Å²) >= 11 is 0. The maximum atomic E-state index is 13.2. The Labute approximate surface area is 179 Å². The standard InChI is InChI=1S/C24H24FN3O3/c1-31-11-10-26-24(30)22-23(29)21-19(20(28-22)17-4-2-3-5-17)13-16(14-27-21)12-15-6-8-18(25)9-7-15/h4,6-9,13-14,29H,2-3,5,10-12H2,1H3,(H,26,30). The van der Waals surface area contributed by atoms with E-state index in [1.54, 1.807) is 25.4 Å². The molecule has 1 aliphatic rings. The zero-order valence-corrected chi connectivity index (χ0v) is 17.3. The second-order valence-corrected chi connectivity index (χ2v) is 7.57. The maximum Gasteiger partial charge on any atom is 0.273 e. The van der Waals surface area contributed by atoms with Gasteiger partial charge >= 0.3 is 0 Å². The summed E-state index contributed by atoms with van der Waals surface area (Å²) < 4.78 is 18.2. The molecular weight excluding hydrogens is 397 g/mol. The SMILES string of the molecule is COCCNC(=O)c1nc(C2=CCCC2)c2cc(Cc3ccc(F)cc3)cnc2c1O. The molecule has 1 aromatic carbocycles. The number of benzene rings is 1. The van der Waals surface area contributed by atoms with Crippen LogP contribution in [0.3, 0.4) is 0 Å². The smallest absolute Gasteiger partial charge is 0.273 e. The Morgan fingerprint density at radius 2 is 2.06 bits per heavy atom. The van der Waals surface area contributed by atoms with Crippen molar-refractivity contribution in [2.75, 3.05) is 20.3 Å². The van der Waals surface area contributed by atoms with Gasteiger partial charge in [-0.05, 0) is 60.6 Å². The normalized spacial score (nSPS) is 13.4. The summed E-state index contributed by atoms with van der Waals surface area (Å²) in [6.45, 7) is 0.680. The largest absolute Gasteiger partial charge is 0.504 e. The van der Waals surface area contributed by atoms with Crippen LogP contribution in [0, 0.1) is 5.82 Å². The summed E-state index contributed by atoms with van der Waals surface area (Å²) in [5.74, 6) is -0.977. The van der Waals surface area contributed by atoms with E-state index in [1.807, 2.05) is 6.07 Å². The van der Waals surface area contributed by atoms with E-state index in [4.69, 9.17) is 4.74 Å². The number of hydrogen-bond donors (Lipinski definition) is 2. The number of hydrogen-bond acceptors (Lipinski definition) is 5. The minimum atomic E-state index is -0.464. The van der Waals surface area contributed by atoms with Crippen LogP contribution in [0.1, 0.15) is 46.6 Å². The van der Waals surface area contributed by atoms with Crippen LogP contribution in [0.5, 0.6) is 5.75 Å². The van der Waals surface area contributed by atoms with E-state index in [-0.39, 0.29) is 17.3 Å². The first kappa shape index (κ1) is 20.9. The zero-order chi connectivity index (χ0) is 21.8.